The van der Waals surface area contributed by atoms with Crippen molar-refractivity contribution in [2.75, 3.05) is 11.1 Å². The SMILES string of the molecule is N#Cc1cc(C(=O)Nc2ccccc2)c(N)nc1SCc1csc(-c2ccsc2)n1. The van der Waals surface area contributed by atoms with Gasteiger partial charge in [-0.2, -0.15) is 16.6 Å². The van der Waals surface area contributed by atoms with E-state index in [4.69, 9.17) is 5.73 Å². The Kier molecular flexibility index (Phi) is 6.09. The van der Waals surface area contributed by atoms with Crippen LogP contribution >= 0.6 is 34.4 Å². The van der Waals surface area contributed by atoms with Gasteiger partial charge in [0.05, 0.1) is 16.8 Å². The molecule has 0 saturated heterocycles. The molecular weight excluding hydrogens is 434 g/mol. The summed E-state index contributed by atoms with van der Waals surface area (Å²) in [5, 5.41) is 19.8. The number of carbonyl (C=O) groups is 1. The van der Waals surface area contributed by atoms with E-state index in [9.17, 15) is 10.1 Å². The van der Waals surface area contributed by atoms with E-state index >= 15 is 0 Å². The maximum absolute atomic E-state index is 12.6. The second kappa shape index (κ2) is 9.09. The van der Waals surface area contributed by atoms with E-state index in [1.165, 1.54) is 17.8 Å². The Labute approximate surface area is 185 Å². The van der Waals surface area contributed by atoms with Gasteiger partial charge in [0.15, 0.2) is 0 Å². The maximum Gasteiger partial charge on any atom is 0.259 e. The van der Waals surface area contributed by atoms with Crippen LogP contribution in [0.5, 0.6) is 0 Å². The van der Waals surface area contributed by atoms with Crippen LogP contribution in [0.3, 0.4) is 0 Å². The summed E-state index contributed by atoms with van der Waals surface area (Å²) in [5.41, 5.74) is 9.16. The molecular formula is C21H15N5OS3. The number of nitrogens with two attached hydrogens (primary N) is 1. The van der Waals surface area contributed by atoms with Gasteiger partial charge in [-0.3, -0.25) is 4.79 Å². The van der Waals surface area contributed by atoms with Gasteiger partial charge in [-0.25, -0.2) is 9.97 Å². The summed E-state index contributed by atoms with van der Waals surface area (Å²) < 4.78 is 0. The number of amides is 1. The van der Waals surface area contributed by atoms with Gasteiger partial charge in [-0.1, -0.05) is 30.0 Å². The molecule has 1 aromatic carbocycles. The Morgan fingerprint density at radius 3 is 2.77 bits per heavy atom. The number of pyridine rings is 1. The van der Waals surface area contributed by atoms with Gasteiger partial charge in [-0.05, 0) is 29.6 Å². The zero-order valence-electron chi connectivity index (χ0n) is 15.5. The summed E-state index contributed by atoms with van der Waals surface area (Å²) in [7, 11) is 0. The standard InChI is InChI=1S/C21H15N5OS3/c22-9-14-8-17(19(27)24-15-4-2-1-3-5-15)18(23)26-21(14)30-12-16-11-29-20(25-16)13-6-7-28-10-13/h1-8,10-11H,12H2,(H2,23,26)(H,24,27). The molecule has 0 spiro atoms. The van der Waals surface area contributed by atoms with Crippen molar-refractivity contribution >= 4 is 51.8 Å². The van der Waals surface area contributed by atoms with Crippen LogP contribution in [0.15, 0.2) is 63.6 Å². The maximum atomic E-state index is 12.6. The van der Waals surface area contributed by atoms with Crippen molar-refractivity contribution in [3.63, 3.8) is 0 Å². The fraction of sp³-hybridized carbons (Fsp3) is 0.0476. The largest absolute Gasteiger partial charge is 0.383 e. The normalized spacial score (nSPS) is 10.5. The number of nitrogens with zero attached hydrogens (tertiary/aromatic N) is 3. The van der Waals surface area contributed by atoms with Crippen LogP contribution < -0.4 is 11.1 Å². The van der Waals surface area contributed by atoms with Crippen LogP contribution in [0.25, 0.3) is 10.6 Å². The highest BCUT2D eigenvalue weighted by molar-refractivity contribution is 7.98. The first-order valence-electron chi connectivity index (χ1n) is 8.81. The quantitative estimate of drug-likeness (QED) is 0.389. The van der Waals surface area contributed by atoms with Crippen molar-refractivity contribution in [2.24, 2.45) is 0 Å². The average molecular weight is 450 g/mol. The van der Waals surface area contributed by atoms with E-state index in [1.54, 1.807) is 34.8 Å². The number of nitriles is 1. The number of nitrogens with one attached hydrogen (secondary N) is 1. The van der Waals surface area contributed by atoms with Crippen LogP contribution in [-0.4, -0.2) is 15.9 Å². The average Bonchev–Trinajstić information content (AvgIpc) is 3.45. The Morgan fingerprint density at radius 1 is 1.20 bits per heavy atom. The molecule has 148 valence electrons. The molecule has 0 saturated carbocycles. The minimum Gasteiger partial charge on any atom is -0.383 e. The summed E-state index contributed by atoms with van der Waals surface area (Å²) in [4.78, 5) is 21.5. The highest BCUT2D eigenvalue weighted by atomic mass is 32.2. The first kappa shape index (κ1) is 20.1. The summed E-state index contributed by atoms with van der Waals surface area (Å²) in [6.45, 7) is 0. The number of para-hydroxylation sites is 1. The van der Waals surface area contributed by atoms with E-state index in [0.717, 1.165) is 16.3 Å². The predicted molar refractivity (Wildman–Crippen MR) is 123 cm³/mol. The van der Waals surface area contributed by atoms with Gasteiger partial charge in [0.2, 0.25) is 0 Å². The zero-order valence-corrected chi connectivity index (χ0v) is 18.0. The molecule has 6 nitrogen and oxygen atoms in total. The predicted octanol–water partition coefficient (Wildman–Crippen LogP) is 5.27. The smallest absolute Gasteiger partial charge is 0.259 e. The number of anilines is 2. The second-order valence-corrected chi connectivity index (χ2v) is 8.75. The third-order valence-electron chi connectivity index (χ3n) is 4.09. The number of hydrogen-bond acceptors (Lipinski definition) is 8. The van der Waals surface area contributed by atoms with E-state index in [0.29, 0.717) is 22.0 Å². The Balaban J connectivity index is 1.50. The number of thiophene rings is 1. The fourth-order valence-corrected chi connectivity index (χ4v) is 5.13. The van der Waals surface area contributed by atoms with Gasteiger partial charge in [0, 0.05) is 27.8 Å². The number of hydrogen-bond donors (Lipinski definition) is 2. The first-order chi connectivity index (χ1) is 14.6. The van der Waals surface area contributed by atoms with Crippen LogP contribution in [0.4, 0.5) is 11.5 Å². The van der Waals surface area contributed by atoms with Crippen molar-refractivity contribution in [2.45, 2.75) is 10.8 Å². The number of aromatic nitrogens is 2. The molecule has 0 radical (unpaired) electrons. The summed E-state index contributed by atoms with van der Waals surface area (Å²) >= 11 is 4.59. The number of carbonyl (C=O) groups excluding carboxylic acids is 1. The molecule has 3 heterocycles. The summed E-state index contributed by atoms with van der Waals surface area (Å²) in [6.07, 6.45) is 0. The summed E-state index contributed by atoms with van der Waals surface area (Å²) in [6, 6.07) is 14.7. The minimum absolute atomic E-state index is 0.0853. The Bertz CT molecular complexity index is 1210. The molecule has 0 fully saturated rings. The van der Waals surface area contributed by atoms with E-state index in [2.05, 4.69) is 26.7 Å². The molecule has 0 aliphatic carbocycles. The molecule has 0 atom stereocenters. The molecule has 4 aromatic rings. The van der Waals surface area contributed by atoms with Gasteiger partial charge < -0.3 is 11.1 Å². The van der Waals surface area contributed by atoms with Crippen molar-refractivity contribution in [1.29, 1.82) is 5.26 Å². The lowest BCUT2D eigenvalue weighted by Crippen LogP contribution is -2.15. The third kappa shape index (κ3) is 4.52. The highest BCUT2D eigenvalue weighted by Crippen LogP contribution is 2.30. The minimum atomic E-state index is -0.404. The monoisotopic (exact) mass is 449 g/mol. The van der Waals surface area contributed by atoms with Crippen molar-refractivity contribution in [1.82, 2.24) is 9.97 Å². The van der Waals surface area contributed by atoms with Gasteiger partial charge in [-0.15, -0.1) is 11.3 Å². The van der Waals surface area contributed by atoms with Crippen LogP contribution in [0.1, 0.15) is 21.6 Å². The van der Waals surface area contributed by atoms with Gasteiger partial charge in [0.1, 0.15) is 21.9 Å². The Morgan fingerprint density at radius 2 is 2.03 bits per heavy atom. The number of thioether (sulfide) groups is 1. The molecule has 9 heteroatoms. The van der Waals surface area contributed by atoms with Gasteiger partial charge >= 0.3 is 0 Å². The molecule has 0 aliphatic heterocycles. The molecule has 1 amide bonds. The van der Waals surface area contributed by atoms with E-state index in [1.807, 2.05) is 35.0 Å². The number of benzene rings is 1. The third-order valence-corrected chi connectivity index (χ3v) is 6.74. The van der Waals surface area contributed by atoms with Crippen molar-refractivity contribution in [3.05, 3.63) is 75.4 Å². The summed E-state index contributed by atoms with van der Waals surface area (Å²) in [5.74, 6) is 0.235. The number of rotatable bonds is 6. The Hall–Kier alpha value is -3.19. The van der Waals surface area contributed by atoms with Crippen LogP contribution in [0, 0.1) is 11.3 Å². The fourth-order valence-electron chi connectivity index (χ4n) is 2.64. The van der Waals surface area contributed by atoms with Crippen molar-refractivity contribution < 1.29 is 4.79 Å². The molecule has 0 bridgehead atoms. The number of thiazole rings is 1. The number of nitrogen functional groups attached to an aromatic ring is 1. The van der Waals surface area contributed by atoms with Gasteiger partial charge in [0.25, 0.3) is 5.91 Å². The lowest BCUT2D eigenvalue weighted by atomic mass is 10.2. The molecule has 0 unspecified atom stereocenters. The lowest BCUT2D eigenvalue weighted by molar-refractivity contribution is 0.102. The van der Waals surface area contributed by atoms with E-state index in [-0.39, 0.29) is 11.4 Å². The van der Waals surface area contributed by atoms with Crippen LogP contribution in [-0.2, 0) is 5.75 Å². The van der Waals surface area contributed by atoms with E-state index < -0.39 is 5.91 Å². The van der Waals surface area contributed by atoms with Crippen molar-refractivity contribution in [3.8, 4) is 16.6 Å². The van der Waals surface area contributed by atoms with Crippen LogP contribution in [0.2, 0.25) is 0 Å². The molecule has 4 rings (SSSR count). The topological polar surface area (TPSA) is 105 Å². The molecule has 3 N–H and O–H groups in total. The zero-order chi connectivity index (χ0) is 20.9. The molecule has 30 heavy (non-hydrogen) atoms. The molecule has 3 aromatic heterocycles. The lowest BCUT2D eigenvalue weighted by Gasteiger charge is -2.10. The first-order valence-corrected chi connectivity index (χ1v) is 11.6. The second-order valence-electron chi connectivity index (χ2n) is 6.15. The highest BCUT2D eigenvalue weighted by Gasteiger charge is 2.17. The molecule has 0 aliphatic rings.